The minimum absolute atomic E-state index is 0.0311. The van der Waals surface area contributed by atoms with E-state index in [0.717, 1.165) is 9.13 Å². The summed E-state index contributed by atoms with van der Waals surface area (Å²) in [7, 11) is 6.16. The molecule has 1 amide bonds. The van der Waals surface area contributed by atoms with E-state index in [1.54, 1.807) is 26.2 Å². The van der Waals surface area contributed by atoms with E-state index in [-0.39, 0.29) is 11.5 Å². The maximum absolute atomic E-state index is 12.5. The number of hydrogen-bond donors (Lipinski definition) is 2. The minimum atomic E-state index is -0.680. The zero-order valence-corrected chi connectivity index (χ0v) is 15.6. The molecule has 0 atom stereocenters. The smallest absolute Gasteiger partial charge is 0.332 e. The molecule has 0 radical (unpaired) electrons. The topological polar surface area (TPSA) is 112 Å². The predicted octanol–water partition coefficient (Wildman–Crippen LogP) is 0.496. The van der Waals surface area contributed by atoms with Crippen molar-refractivity contribution in [2.75, 3.05) is 37.2 Å². The summed E-state index contributed by atoms with van der Waals surface area (Å²) in [5, 5.41) is 2.91. The molecule has 2 aromatic rings. The van der Waals surface area contributed by atoms with Crippen molar-refractivity contribution in [1.29, 1.82) is 0 Å². The number of ether oxygens (including phenoxy) is 1. The summed E-state index contributed by atoms with van der Waals surface area (Å²) in [6.45, 7) is -0.462. The zero-order valence-electron chi connectivity index (χ0n) is 14.9. The molecule has 2 rings (SSSR count). The molecular formula is C16H20ClN5O4. The molecule has 0 aliphatic rings. The summed E-state index contributed by atoms with van der Waals surface area (Å²) in [5.74, 6) is -0.0626. The Labute approximate surface area is 154 Å². The van der Waals surface area contributed by atoms with E-state index in [9.17, 15) is 14.4 Å². The van der Waals surface area contributed by atoms with Crippen LogP contribution in [0.2, 0.25) is 5.02 Å². The van der Waals surface area contributed by atoms with Gasteiger partial charge in [0.2, 0.25) is 5.91 Å². The van der Waals surface area contributed by atoms with Crippen molar-refractivity contribution < 1.29 is 9.53 Å². The molecular weight excluding hydrogens is 362 g/mol. The number of nitrogen functional groups attached to an aromatic ring is 1. The Hall–Kier alpha value is -2.94. The van der Waals surface area contributed by atoms with Gasteiger partial charge in [-0.3, -0.25) is 14.2 Å². The first-order chi connectivity index (χ1) is 12.2. The number of nitrogens with two attached hydrogens (primary N) is 1. The van der Waals surface area contributed by atoms with Gasteiger partial charge in [-0.2, -0.15) is 0 Å². The summed E-state index contributed by atoms with van der Waals surface area (Å²) in [5.41, 5.74) is 5.06. The van der Waals surface area contributed by atoms with Crippen LogP contribution in [0.1, 0.15) is 0 Å². The van der Waals surface area contributed by atoms with Crippen molar-refractivity contribution >= 4 is 34.7 Å². The first kappa shape index (κ1) is 19.4. The van der Waals surface area contributed by atoms with Crippen LogP contribution in [0.3, 0.4) is 0 Å². The summed E-state index contributed by atoms with van der Waals surface area (Å²) in [6.07, 6.45) is 0. The number of nitrogens with zero attached hydrogens (tertiary/aromatic N) is 3. The number of carbonyl (C=O) groups is 1. The normalized spacial score (nSPS) is 10.5. The Balaban J connectivity index is 2.34. The Bertz CT molecular complexity index is 964. The highest BCUT2D eigenvalue weighted by Gasteiger charge is 2.18. The number of methoxy groups -OCH3 is 1. The van der Waals surface area contributed by atoms with Crippen LogP contribution in [-0.2, 0) is 18.4 Å². The second-order valence-electron chi connectivity index (χ2n) is 5.76. The average Bonchev–Trinajstić information content (AvgIpc) is 2.57. The third-order valence-corrected chi connectivity index (χ3v) is 4.05. The maximum atomic E-state index is 12.5. The molecule has 1 heterocycles. The number of anilines is 3. The zero-order chi connectivity index (χ0) is 19.6. The summed E-state index contributed by atoms with van der Waals surface area (Å²) in [6, 6.07) is 4.70. The number of rotatable bonds is 5. The Morgan fingerprint density at radius 3 is 2.54 bits per heavy atom. The van der Waals surface area contributed by atoms with Gasteiger partial charge in [-0.05, 0) is 18.2 Å². The fraction of sp³-hybridized carbons (Fsp3) is 0.312. The van der Waals surface area contributed by atoms with Gasteiger partial charge in [-0.25, -0.2) is 9.36 Å². The molecule has 140 valence electrons. The molecule has 0 saturated heterocycles. The summed E-state index contributed by atoms with van der Waals surface area (Å²) < 4.78 is 6.99. The summed E-state index contributed by atoms with van der Waals surface area (Å²) >= 11 is 6.01. The lowest BCUT2D eigenvalue weighted by Crippen LogP contribution is -2.44. The van der Waals surface area contributed by atoms with Crippen molar-refractivity contribution in [2.45, 2.75) is 6.54 Å². The standard InChI is InChI=1S/C16H20ClN5O4/c1-20(2)13-14(18)21(3)16(25)22(15(13)24)8-12(23)19-9-5-6-11(26-4)10(17)7-9/h5-7H,8,18H2,1-4H3,(H,19,23). The van der Waals surface area contributed by atoms with Crippen molar-refractivity contribution in [3.63, 3.8) is 0 Å². The van der Waals surface area contributed by atoms with Crippen LogP contribution in [-0.4, -0.2) is 36.2 Å². The fourth-order valence-corrected chi connectivity index (χ4v) is 2.67. The van der Waals surface area contributed by atoms with Crippen molar-refractivity contribution in [2.24, 2.45) is 7.05 Å². The molecule has 0 unspecified atom stereocenters. The van der Waals surface area contributed by atoms with Gasteiger partial charge in [-0.1, -0.05) is 11.6 Å². The van der Waals surface area contributed by atoms with E-state index < -0.39 is 23.7 Å². The van der Waals surface area contributed by atoms with Crippen LogP contribution >= 0.6 is 11.6 Å². The van der Waals surface area contributed by atoms with Gasteiger partial charge in [-0.15, -0.1) is 0 Å². The molecule has 1 aromatic heterocycles. The van der Waals surface area contributed by atoms with E-state index >= 15 is 0 Å². The molecule has 0 spiro atoms. The van der Waals surface area contributed by atoms with E-state index in [2.05, 4.69) is 5.32 Å². The van der Waals surface area contributed by atoms with Crippen LogP contribution in [0.5, 0.6) is 5.75 Å². The molecule has 0 bridgehead atoms. The maximum Gasteiger partial charge on any atom is 0.332 e. The third kappa shape index (κ3) is 3.67. The third-order valence-electron chi connectivity index (χ3n) is 3.75. The predicted molar refractivity (Wildman–Crippen MR) is 101 cm³/mol. The number of carbonyl (C=O) groups excluding carboxylic acids is 1. The monoisotopic (exact) mass is 381 g/mol. The minimum Gasteiger partial charge on any atom is -0.495 e. The molecule has 0 aliphatic carbocycles. The quantitative estimate of drug-likeness (QED) is 0.779. The van der Waals surface area contributed by atoms with E-state index in [4.69, 9.17) is 22.1 Å². The number of nitrogens with one attached hydrogen (secondary N) is 1. The van der Waals surface area contributed by atoms with Gasteiger partial charge in [0, 0.05) is 26.8 Å². The lowest BCUT2D eigenvalue weighted by Gasteiger charge is -2.18. The lowest BCUT2D eigenvalue weighted by atomic mass is 10.3. The van der Waals surface area contributed by atoms with Crippen LogP contribution in [0.15, 0.2) is 27.8 Å². The highest BCUT2D eigenvalue weighted by molar-refractivity contribution is 6.32. The molecule has 0 fully saturated rings. The first-order valence-electron chi connectivity index (χ1n) is 7.57. The molecule has 1 aromatic carbocycles. The van der Waals surface area contributed by atoms with Crippen molar-refractivity contribution in [1.82, 2.24) is 9.13 Å². The lowest BCUT2D eigenvalue weighted by molar-refractivity contribution is -0.116. The highest BCUT2D eigenvalue weighted by atomic mass is 35.5. The fourth-order valence-electron chi connectivity index (χ4n) is 2.42. The second kappa shape index (κ2) is 7.52. The number of aromatic nitrogens is 2. The number of amides is 1. The van der Waals surface area contributed by atoms with E-state index in [1.165, 1.54) is 25.1 Å². The van der Waals surface area contributed by atoms with Gasteiger partial charge >= 0.3 is 5.69 Å². The molecule has 3 N–H and O–H groups in total. The van der Waals surface area contributed by atoms with E-state index in [0.29, 0.717) is 16.5 Å². The number of hydrogen-bond acceptors (Lipinski definition) is 6. The Kier molecular flexibility index (Phi) is 5.61. The first-order valence-corrected chi connectivity index (χ1v) is 7.95. The van der Waals surface area contributed by atoms with Crippen LogP contribution < -0.4 is 31.9 Å². The number of benzene rings is 1. The van der Waals surface area contributed by atoms with Crippen molar-refractivity contribution in [3.05, 3.63) is 44.1 Å². The van der Waals surface area contributed by atoms with Gasteiger partial charge in [0.15, 0.2) is 0 Å². The summed E-state index contributed by atoms with van der Waals surface area (Å²) in [4.78, 5) is 38.6. The Morgan fingerprint density at radius 2 is 2.00 bits per heavy atom. The molecule has 10 heteroatoms. The van der Waals surface area contributed by atoms with Gasteiger partial charge in [0.1, 0.15) is 23.8 Å². The Morgan fingerprint density at radius 1 is 1.35 bits per heavy atom. The molecule has 0 aliphatic heterocycles. The van der Waals surface area contributed by atoms with Crippen LogP contribution in [0, 0.1) is 0 Å². The second-order valence-corrected chi connectivity index (χ2v) is 6.17. The average molecular weight is 382 g/mol. The van der Waals surface area contributed by atoms with Crippen molar-refractivity contribution in [3.8, 4) is 5.75 Å². The number of halogens is 1. The SMILES string of the molecule is COc1ccc(NC(=O)Cn2c(=O)c(N(C)C)c(N)n(C)c2=O)cc1Cl. The van der Waals surface area contributed by atoms with Crippen LogP contribution in [0.4, 0.5) is 17.2 Å². The largest absolute Gasteiger partial charge is 0.495 e. The molecule has 26 heavy (non-hydrogen) atoms. The molecule has 9 nitrogen and oxygen atoms in total. The van der Waals surface area contributed by atoms with E-state index in [1.807, 2.05) is 0 Å². The van der Waals surface area contributed by atoms with Gasteiger partial charge in [0.25, 0.3) is 5.56 Å². The van der Waals surface area contributed by atoms with Gasteiger partial charge < -0.3 is 20.7 Å². The molecule has 0 saturated carbocycles. The van der Waals surface area contributed by atoms with Crippen LogP contribution in [0.25, 0.3) is 0 Å². The van der Waals surface area contributed by atoms with Gasteiger partial charge in [0.05, 0.1) is 12.1 Å². The highest BCUT2D eigenvalue weighted by Crippen LogP contribution is 2.27.